The molecule has 15 heavy (non-hydrogen) atoms. The molecule has 0 aliphatic carbocycles. The lowest BCUT2D eigenvalue weighted by atomic mass is 10.4. The van der Waals surface area contributed by atoms with Gasteiger partial charge in [-0.3, -0.25) is 4.57 Å². The van der Waals surface area contributed by atoms with Crippen LogP contribution < -0.4 is 11.2 Å². The van der Waals surface area contributed by atoms with Gasteiger partial charge in [0.25, 0.3) is 0 Å². The second kappa shape index (κ2) is 5.26. The molecule has 0 amide bonds. The zero-order valence-electron chi connectivity index (χ0n) is 8.84. The Kier molecular flexibility index (Phi) is 4.27. The first-order valence-corrected chi connectivity index (χ1v) is 6.28. The van der Waals surface area contributed by atoms with Crippen LogP contribution in [0.2, 0.25) is 0 Å². The highest BCUT2D eigenvalue weighted by Crippen LogP contribution is 2.47. The summed E-state index contributed by atoms with van der Waals surface area (Å²) in [6.45, 7) is 4.05. The van der Waals surface area contributed by atoms with Gasteiger partial charge in [-0.1, -0.05) is 0 Å². The van der Waals surface area contributed by atoms with Gasteiger partial charge in [0.1, 0.15) is 0 Å². The highest BCUT2D eigenvalue weighted by Gasteiger charge is 2.30. The van der Waals surface area contributed by atoms with E-state index in [1.54, 1.807) is 26.0 Å². The summed E-state index contributed by atoms with van der Waals surface area (Å²) >= 11 is 0. The summed E-state index contributed by atoms with van der Waals surface area (Å²) in [7, 11) is -3.35. The lowest BCUT2D eigenvalue weighted by molar-refractivity contribution is 0.229. The highest BCUT2D eigenvalue weighted by molar-refractivity contribution is 7.62. The third-order valence-electron chi connectivity index (χ3n) is 1.67. The molecule has 2 N–H and O–H groups in total. The molecule has 0 saturated carbocycles. The van der Waals surface area contributed by atoms with Crippen LogP contribution in [0.1, 0.15) is 13.8 Å². The molecule has 1 rings (SSSR count). The van der Waals surface area contributed by atoms with Crippen molar-refractivity contribution in [3.05, 3.63) is 18.3 Å². The number of rotatable bonds is 5. The minimum Gasteiger partial charge on any atom is -0.397 e. The second-order valence-corrected chi connectivity index (χ2v) is 4.68. The molecule has 0 saturated heterocycles. The van der Waals surface area contributed by atoms with Crippen LogP contribution in [0.25, 0.3) is 0 Å². The Bertz CT molecular complexity index is 360. The van der Waals surface area contributed by atoms with E-state index in [-0.39, 0.29) is 18.6 Å². The molecular formula is C9H15N2O3P. The van der Waals surface area contributed by atoms with Gasteiger partial charge in [-0.05, 0) is 26.0 Å². The second-order valence-electron chi connectivity index (χ2n) is 2.75. The van der Waals surface area contributed by atoms with Crippen molar-refractivity contribution in [2.24, 2.45) is 0 Å². The summed E-state index contributed by atoms with van der Waals surface area (Å²) in [5.74, 6) is 0. The number of nitrogens with zero attached hydrogens (tertiary/aromatic N) is 1. The zero-order chi connectivity index (χ0) is 11.3. The van der Waals surface area contributed by atoms with E-state index in [9.17, 15) is 4.57 Å². The Morgan fingerprint density at radius 2 is 2.00 bits per heavy atom. The van der Waals surface area contributed by atoms with Gasteiger partial charge in [-0.15, -0.1) is 0 Å². The van der Waals surface area contributed by atoms with Crippen molar-refractivity contribution in [3.8, 4) is 0 Å². The van der Waals surface area contributed by atoms with Crippen molar-refractivity contribution in [1.82, 2.24) is 4.98 Å². The van der Waals surface area contributed by atoms with Crippen LogP contribution in [-0.2, 0) is 13.6 Å². The number of hydrogen-bond acceptors (Lipinski definition) is 5. The molecule has 0 fully saturated rings. The summed E-state index contributed by atoms with van der Waals surface area (Å²) in [4.78, 5) is 3.95. The standard InChI is InChI=1S/C9H15N2O3P/c1-3-13-15(12,14-4-2)9-8(10)6-5-7-11-9/h5-7H,3-4,10H2,1-2H3. The van der Waals surface area contributed by atoms with Crippen LogP contribution >= 0.6 is 7.60 Å². The molecule has 0 spiro atoms. The molecular weight excluding hydrogens is 215 g/mol. The van der Waals surface area contributed by atoms with Crippen molar-refractivity contribution < 1.29 is 13.6 Å². The number of nitrogen functional groups attached to an aromatic ring is 1. The Labute approximate surface area is 89.1 Å². The quantitative estimate of drug-likeness (QED) is 0.777. The molecule has 0 aromatic carbocycles. The van der Waals surface area contributed by atoms with E-state index < -0.39 is 7.60 Å². The molecule has 0 bridgehead atoms. The van der Waals surface area contributed by atoms with Gasteiger partial charge in [0.2, 0.25) is 0 Å². The normalized spacial score (nSPS) is 11.6. The number of nitrogens with two attached hydrogens (primary N) is 1. The molecule has 1 heterocycles. The Hall–Kier alpha value is -0.900. The molecule has 5 nitrogen and oxygen atoms in total. The summed E-state index contributed by atoms with van der Waals surface area (Å²) in [6.07, 6.45) is 1.51. The lowest BCUT2D eigenvalue weighted by Gasteiger charge is -2.17. The topological polar surface area (TPSA) is 74.4 Å². The first-order valence-electron chi connectivity index (χ1n) is 4.74. The number of pyridine rings is 1. The van der Waals surface area contributed by atoms with Crippen molar-refractivity contribution in [1.29, 1.82) is 0 Å². The molecule has 0 radical (unpaired) electrons. The molecule has 6 heteroatoms. The predicted molar refractivity (Wildman–Crippen MR) is 59.1 cm³/mol. The van der Waals surface area contributed by atoms with Gasteiger partial charge in [0.15, 0.2) is 5.44 Å². The first kappa shape index (κ1) is 12.2. The van der Waals surface area contributed by atoms with Gasteiger partial charge in [-0.25, -0.2) is 4.98 Å². The number of anilines is 1. The van der Waals surface area contributed by atoms with E-state index in [0.717, 1.165) is 0 Å². The van der Waals surface area contributed by atoms with Crippen LogP contribution in [0.5, 0.6) is 0 Å². The zero-order valence-corrected chi connectivity index (χ0v) is 9.74. The summed E-state index contributed by atoms with van der Waals surface area (Å²) in [5, 5.41) is 0. The maximum absolute atomic E-state index is 12.2. The molecule has 84 valence electrons. The maximum atomic E-state index is 12.2. The molecule has 1 aromatic heterocycles. The third kappa shape index (κ3) is 2.78. The monoisotopic (exact) mass is 230 g/mol. The first-order chi connectivity index (χ1) is 7.14. The van der Waals surface area contributed by atoms with E-state index >= 15 is 0 Å². The maximum Gasteiger partial charge on any atom is 0.381 e. The Morgan fingerprint density at radius 1 is 1.40 bits per heavy atom. The van der Waals surface area contributed by atoms with Crippen LogP contribution in [0.3, 0.4) is 0 Å². The molecule has 0 atom stereocenters. The molecule has 0 unspecified atom stereocenters. The van der Waals surface area contributed by atoms with Gasteiger partial charge in [-0.2, -0.15) is 0 Å². The summed E-state index contributed by atoms with van der Waals surface area (Å²) in [5.41, 5.74) is 6.18. The van der Waals surface area contributed by atoms with Crippen molar-refractivity contribution in [3.63, 3.8) is 0 Å². The van der Waals surface area contributed by atoms with E-state index in [1.165, 1.54) is 6.20 Å². The Balaban J connectivity index is 3.09. The number of hydrogen-bond donors (Lipinski definition) is 1. The molecule has 0 aliphatic heterocycles. The highest BCUT2D eigenvalue weighted by atomic mass is 31.2. The van der Waals surface area contributed by atoms with E-state index in [4.69, 9.17) is 14.8 Å². The minimum absolute atomic E-state index is 0.189. The fraction of sp³-hybridized carbons (Fsp3) is 0.444. The predicted octanol–water partition coefficient (Wildman–Crippen LogP) is 1.56. The van der Waals surface area contributed by atoms with Gasteiger partial charge < -0.3 is 14.8 Å². The summed E-state index contributed by atoms with van der Waals surface area (Å²) in [6, 6.07) is 3.29. The fourth-order valence-electron chi connectivity index (χ4n) is 1.14. The van der Waals surface area contributed by atoms with E-state index in [0.29, 0.717) is 5.69 Å². The van der Waals surface area contributed by atoms with Crippen molar-refractivity contribution in [2.75, 3.05) is 18.9 Å². The van der Waals surface area contributed by atoms with Crippen LogP contribution in [-0.4, -0.2) is 18.2 Å². The van der Waals surface area contributed by atoms with Crippen LogP contribution in [0, 0.1) is 0 Å². The van der Waals surface area contributed by atoms with Gasteiger partial charge in [0, 0.05) is 6.20 Å². The average Bonchev–Trinajstić information content (AvgIpc) is 2.19. The SMILES string of the molecule is CCOP(=O)(OCC)c1ncccc1N. The van der Waals surface area contributed by atoms with Crippen molar-refractivity contribution >= 4 is 18.7 Å². The van der Waals surface area contributed by atoms with Gasteiger partial charge >= 0.3 is 7.60 Å². The van der Waals surface area contributed by atoms with E-state index in [1.807, 2.05) is 0 Å². The average molecular weight is 230 g/mol. The fourth-order valence-corrected chi connectivity index (χ4v) is 2.74. The third-order valence-corrected chi connectivity index (χ3v) is 3.76. The van der Waals surface area contributed by atoms with Crippen LogP contribution in [0.15, 0.2) is 18.3 Å². The Morgan fingerprint density at radius 3 is 2.47 bits per heavy atom. The molecule has 0 aliphatic rings. The minimum atomic E-state index is -3.35. The largest absolute Gasteiger partial charge is 0.397 e. The van der Waals surface area contributed by atoms with Crippen LogP contribution in [0.4, 0.5) is 5.69 Å². The van der Waals surface area contributed by atoms with Gasteiger partial charge in [0.05, 0.1) is 18.9 Å². The van der Waals surface area contributed by atoms with Crippen molar-refractivity contribution in [2.45, 2.75) is 13.8 Å². The molecule has 1 aromatic rings. The van der Waals surface area contributed by atoms with E-state index in [2.05, 4.69) is 4.98 Å². The lowest BCUT2D eigenvalue weighted by Crippen LogP contribution is -2.18. The smallest absolute Gasteiger partial charge is 0.381 e. The summed E-state index contributed by atoms with van der Waals surface area (Å²) < 4.78 is 22.5. The number of aromatic nitrogens is 1.